The monoisotopic (exact) mass is 427 g/mol. The quantitative estimate of drug-likeness (QED) is 0.336. The molecule has 0 saturated heterocycles. The minimum absolute atomic E-state index is 0.0129. The Balaban J connectivity index is 1.57. The highest BCUT2D eigenvalue weighted by molar-refractivity contribution is 5.78. The van der Waals surface area contributed by atoms with Crippen molar-refractivity contribution in [2.45, 2.75) is 24.9 Å². The smallest absolute Gasteiger partial charge is 0.382 e. The van der Waals surface area contributed by atoms with Gasteiger partial charge in [0.05, 0.1) is 28.4 Å². The molecule has 31 heavy (non-hydrogen) atoms. The van der Waals surface area contributed by atoms with E-state index in [-0.39, 0.29) is 11.8 Å². The molecule has 0 bridgehead atoms. The highest BCUT2D eigenvalue weighted by Crippen LogP contribution is 2.41. The van der Waals surface area contributed by atoms with Gasteiger partial charge in [-0.1, -0.05) is 17.1 Å². The number of rotatable bonds is 4. The number of fused-ring (bicyclic) bond motifs is 1. The molecular weight excluding hydrogens is 409 g/mol. The molecule has 2 heterocycles. The fourth-order valence-corrected chi connectivity index (χ4v) is 3.47. The van der Waals surface area contributed by atoms with E-state index < -0.39 is 11.7 Å². The average Bonchev–Trinajstić information content (AvgIpc) is 3.51. The Bertz CT molecular complexity index is 1280. The van der Waals surface area contributed by atoms with E-state index in [4.69, 9.17) is 10.7 Å². The number of aromatic nitrogens is 4. The molecule has 158 valence electrons. The third-order valence-electron chi connectivity index (χ3n) is 5.17. The summed E-state index contributed by atoms with van der Waals surface area (Å²) in [4.78, 5) is 9.22. The standard InChI is InChI=1S/C21H17F3N6O/c22-21(23,24)13-7-9-14(10-8-13)26-20-28-18(11-17(25)30(20)31)29-16-4-2-1-3-15(16)27-19(29)12-5-6-12/h1-4,7-12,31H,5-6H2,(H2,25,26,28)/p+1. The van der Waals surface area contributed by atoms with Gasteiger partial charge in [0.25, 0.3) is 0 Å². The van der Waals surface area contributed by atoms with Crippen molar-refractivity contribution in [1.29, 1.82) is 0 Å². The Kier molecular flexibility index (Phi) is 4.24. The first-order valence-electron chi connectivity index (χ1n) is 9.65. The summed E-state index contributed by atoms with van der Waals surface area (Å²) < 4.78 is 41.0. The summed E-state index contributed by atoms with van der Waals surface area (Å²) in [5.74, 6) is 1.62. The Morgan fingerprint density at radius 1 is 1.06 bits per heavy atom. The number of alkyl halides is 3. The Morgan fingerprint density at radius 3 is 2.45 bits per heavy atom. The number of imidazole rings is 1. The summed E-state index contributed by atoms with van der Waals surface area (Å²) in [6, 6.07) is 13.6. The maximum Gasteiger partial charge on any atom is 0.416 e. The third kappa shape index (κ3) is 3.49. The molecule has 1 fully saturated rings. The summed E-state index contributed by atoms with van der Waals surface area (Å²) >= 11 is 0. The zero-order valence-electron chi connectivity index (χ0n) is 16.1. The molecule has 10 heteroatoms. The van der Waals surface area contributed by atoms with E-state index in [0.29, 0.717) is 22.2 Å². The molecule has 2 aromatic carbocycles. The molecule has 2 aromatic heterocycles. The molecule has 4 aromatic rings. The van der Waals surface area contributed by atoms with Crippen LogP contribution in [0.15, 0.2) is 54.6 Å². The van der Waals surface area contributed by atoms with Gasteiger partial charge in [-0.25, -0.2) is 4.98 Å². The topological polar surface area (TPSA) is 92.9 Å². The summed E-state index contributed by atoms with van der Waals surface area (Å²) in [7, 11) is 0. The van der Waals surface area contributed by atoms with Gasteiger partial charge >= 0.3 is 12.1 Å². The zero-order chi connectivity index (χ0) is 21.8. The predicted molar refractivity (Wildman–Crippen MR) is 107 cm³/mol. The van der Waals surface area contributed by atoms with Crippen molar-refractivity contribution in [1.82, 2.24) is 14.5 Å². The second kappa shape index (κ2) is 6.86. The van der Waals surface area contributed by atoms with Crippen LogP contribution in [0, 0.1) is 0 Å². The molecule has 0 spiro atoms. The molecule has 1 aliphatic carbocycles. The highest BCUT2D eigenvalue weighted by atomic mass is 19.4. The molecule has 1 aliphatic rings. The highest BCUT2D eigenvalue weighted by Gasteiger charge is 2.32. The first kappa shape index (κ1) is 19.2. The number of hydrogen-bond donors (Lipinski definition) is 3. The second-order valence-corrected chi connectivity index (χ2v) is 7.44. The van der Waals surface area contributed by atoms with Gasteiger partial charge in [-0.3, -0.25) is 9.88 Å². The van der Waals surface area contributed by atoms with E-state index in [1.165, 1.54) is 18.2 Å². The van der Waals surface area contributed by atoms with E-state index in [2.05, 4.69) is 10.3 Å². The minimum atomic E-state index is -4.43. The molecule has 0 unspecified atom stereocenters. The van der Waals surface area contributed by atoms with Crippen molar-refractivity contribution in [3.8, 4) is 5.82 Å². The molecule has 0 amide bonds. The maximum absolute atomic E-state index is 12.8. The van der Waals surface area contributed by atoms with Crippen molar-refractivity contribution in [2.75, 3.05) is 11.1 Å². The van der Waals surface area contributed by atoms with Crippen molar-refractivity contribution >= 4 is 28.5 Å². The first-order valence-corrected chi connectivity index (χ1v) is 9.65. The van der Waals surface area contributed by atoms with Gasteiger partial charge in [-0.2, -0.15) is 13.2 Å². The predicted octanol–water partition coefficient (Wildman–Crippen LogP) is 4.17. The molecule has 0 aliphatic heterocycles. The van der Waals surface area contributed by atoms with Gasteiger partial charge in [0, 0.05) is 5.92 Å². The molecule has 0 atom stereocenters. The molecule has 1 saturated carbocycles. The SMILES string of the molecule is Nc1cc(-n2c(C3CC3)nc3ccccc32)nc(Nc2ccc(C(F)(F)F)cc2)[n+]1O. The van der Waals surface area contributed by atoms with Crippen molar-refractivity contribution in [3.05, 3.63) is 66.0 Å². The van der Waals surface area contributed by atoms with Gasteiger partial charge in [0.1, 0.15) is 5.82 Å². The van der Waals surface area contributed by atoms with E-state index in [0.717, 1.165) is 41.8 Å². The Hall–Kier alpha value is -3.82. The number of nitrogens with two attached hydrogens (primary N) is 1. The van der Waals surface area contributed by atoms with Crippen LogP contribution in [0.2, 0.25) is 0 Å². The lowest BCUT2D eigenvalue weighted by molar-refractivity contribution is -0.883. The second-order valence-electron chi connectivity index (χ2n) is 7.44. The van der Waals surface area contributed by atoms with Crippen molar-refractivity contribution in [3.63, 3.8) is 0 Å². The lowest BCUT2D eigenvalue weighted by atomic mass is 10.2. The minimum Gasteiger partial charge on any atom is -0.382 e. The van der Waals surface area contributed by atoms with Crippen molar-refractivity contribution in [2.24, 2.45) is 0 Å². The normalized spacial score (nSPS) is 14.2. The van der Waals surface area contributed by atoms with Gasteiger partial charge in [-0.05, 0) is 54.0 Å². The van der Waals surface area contributed by atoms with E-state index >= 15 is 0 Å². The molecule has 7 nitrogen and oxygen atoms in total. The van der Waals surface area contributed by atoms with E-state index in [1.54, 1.807) is 0 Å². The van der Waals surface area contributed by atoms with Crippen LogP contribution in [-0.4, -0.2) is 19.7 Å². The van der Waals surface area contributed by atoms with Gasteiger partial charge in [0.2, 0.25) is 11.6 Å². The fraction of sp³-hybridized carbons (Fsp3) is 0.190. The Morgan fingerprint density at radius 2 is 1.77 bits per heavy atom. The fourth-order valence-electron chi connectivity index (χ4n) is 3.47. The number of nitrogen functional groups attached to an aromatic ring is 1. The molecule has 0 radical (unpaired) electrons. The average molecular weight is 427 g/mol. The van der Waals surface area contributed by atoms with E-state index in [9.17, 15) is 18.4 Å². The molecular formula is C21H18F3N6O+. The van der Waals surface area contributed by atoms with Crippen LogP contribution in [0.3, 0.4) is 0 Å². The third-order valence-corrected chi connectivity index (χ3v) is 5.17. The van der Waals surface area contributed by atoms with Crippen LogP contribution >= 0.6 is 0 Å². The van der Waals surface area contributed by atoms with E-state index in [1.807, 2.05) is 28.8 Å². The number of nitrogens with one attached hydrogen (secondary N) is 1. The summed E-state index contributed by atoms with van der Waals surface area (Å²) in [5.41, 5.74) is 7.22. The van der Waals surface area contributed by atoms with Crippen LogP contribution in [0.1, 0.15) is 30.1 Å². The first-order chi connectivity index (χ1) is 14.8. The van der Waals surface area contributed by atoms with Crippen LogP contribution in [-0.2, 0) is 6.18 Å². The van der Waals surface area contributed by atoms with Gasteiger partial charge in [-0.15, -0.1) is 0 Å². The van der Waals surface area contributed by atoms with Crippen LogP contribution in [0.5, 0.6) is 0 Å². The number of anilines is 3. The van der Waals surface area contributed by atoms with Crippen LogP contribution in [0.25, 0.3) is 16.9 Å². The van der Waals surface area contributed by atoms with Gasteiger partial charge in [0.15, 0.2) is 0 Å². The summed E-state index contributed by atoms with van der Waals surface area (Å²) in [6.45, 7) is 0. The Labute approximate surface area is 174 Å². The number of hydrogen-bond acceptors (Lipinski definition) is 5. The maximum atomic E-state index is 12.8. The van der Waals surface area contributed by atoms with Crippen molar-refractivity contribution < 1.29 is 23.1 Å². The number of nitrogens with zero attached hydrogens (tertiary/aromatic N) is 4. The zero-order valence-corrected chi connectivity index (χ0v) is 16.1. The number of para-hydroxylation sites is 2. The number of benzene rings is 2. The molecule has 5 rings (SSSR count). The van der Waals surface area contributed by atoms with Gasteiger partial charge < -0.3 is 10.9 Å². The lowest BCUT2D eigenvalue weighted by Gasteiger charge is -2.10. The number of halogens is 3. The summed E-state index contributed by atoms with van der Waals surface area (Å²) in [6.07, 6.45) is -2.37. The van der Waals surface area contributed by atoms with Crippen LogP contribution < -0.4 is 15.8 Å². The molecule has 4 N–H and O–H groups in total. The largest absolute Gasteiger partial charge is 0.416 e. The lowest BCUT2D eigenvalue weighted by Crippen LogP contribution is -2.38. The van der Waals surface area contributed by atoms with Crippen LogP contribution in [0.4, 0.5) is 30.6 Å². The summed E-state index contributed by atoms with van der Waals surface area (Å²) in [5, 5.41) is 13.2.